The van der Waals surface area contributed by atoms with Crippen molar-refractivity contribution < 1.29 is 0 Å². The second-order valence-electron chi connectivity index (χ2n) is 4.46. The minimum absolute atomic E-state index is 0.501. The van der Waals surface area contributed by atoms with E-state index in [0.717, 1.165) is 18.0 Å². The normalized spacial score (nSPS) is 17.9. The molecule has 0 bridgehead atoms. The van der Waals surface area contributed by atoms with Crippen LogP contribution in [-0.2, 0) is 13.0 Å². The number of aromatic nitrogens is 2. The van der Waals surface area contributed by atoms with E-state index in [0.29, 0.717) is 11.2 Å². The van der Waals surface area contributed by atoms with E-state index in [1.807, 2.05) is 0 Å². The number of nitrogen functional groups attached to an aromatic ring is 1. The average molecular weight is 261 g/mol. The van der Waals surface area contributed by atoms with Crippen LogP contribution in [0.4, 0.5) is 10.8 Å². The highest BCUT2D eigenvalue weighted by molar-refractivity contribution is 7.15. The van der Waals surface area contributed by atoms with Crippen molar-refractivity contribution in [2.75, 3.05) is 10.3 Å². The van der Waals surface area contributed by atoms with Crippen molar-refractivity contribution in [2.45, 2.75) is 25.9 Å². The molecule has 3 N–H and O–H groups in total. The number of hydrogen-bond donors (Lipinski definition) is 2. The van der Waals surface area contributed by atoms with Crippen LogP contribution in [0.2, 0.25) is 0 Å². The molecule has 0 amide bonds. The number of hydrogen-bond acceptors (Lipinski definition) is 6. The van der Waals surface area contributed by atoms with Gasteiger partial charge in [-0.05, 0) is 25.0 Å². The van der Waals surface area contributed by atoms with Gasteiger partial charge in [0, 0.05) is 11.7 Å². The largest absolute Gasteiger partial charge is 0.361 e. The van der Waals surface area contributed by atoms with Crippen LogP contribution in [-0.4, -0.2) is 16.2 Å². The molecule has 94 valence electrons. The zero-order chi connectivity index (χ0) is 12.5. The maximum atomic E-state index is 5.32. The Kier molecular flexibility index (Phi) is 2.89. The molecule has 3 rings (SSSR count). The predicted molar refractivity (Wildman–Crippen MR) is 73.5 cm³/mol. The van der Waals surface area contributed by atoms with Crippen molar-refractivity contribution in [3.63, 3.8) is 0 Å². The van der Waals surface area contributed by atoms with Gasteiger partial charge in [-0.2, -0.15) is 0 Å². The minimum Gasteiger partial charge on any atom is -0.361 e. The first kappa shape index (κ1) is 11.4. The van der Waals surface area contributed by atoms with E-state index in [1.54, 1.807) is 0 Å². The van der Waals surface area contributed by atoms with Gasteiger partial charge >= 0.3 is 0 Å². The lowest BCUT2D eigenvalue weighted by molar-refractivity contribution is 0.667. The average Bonchev–Trinajstić information content (AvgIpc) is 2.96. The fourth-order valence-corrected chi connectivity index (χ4v) is 3.04. The Morgan fingerprint density at radius 2 is 2.28 bits per heavy atom. The van der Waals surface area contributed by atoms with E-state index in [9.17, 15) is 0 Å². The van der Waals surface area contributed by atoms with Gasteiger partial charge in [0.15, 0.2) is 0 Å². The number of hydrazine groups is 1. The van der Waals surface area contributed by atoms with Crippen molar-refractivity contribution in [2.24, 2.45) is 5.84 Å². The van der Waals surface area contributed by atoms with E-state index in [4.69, 9.17) is 5.84 Å². The molecule has 0 radical (unpaired) electrons. The molecule has 18 heavy (non-hydrogen) atoms. The molecule has 1 aromatic heterocycles. The quantitative estimate of drug-likeness (QED) is 0.651. The van der Waals surface area contributed by atoms with Gasteiger partial charge in [-0.3, -0.25) is 5.43 Å². The van der Waals surface area contributed by atoms with Crippen LogP contribution < -0.4 is 16.2 Å². The number of rotatable bonds is 3. The summed E-state index contributed by atoms with van der Waals surface area (Å²) in [6.07, 6.45) is 1.09. The van der Waals surface area contributed by atoms with Crippen LogP contribution in [0.25, 0.3) is 0 Å². The Bertz CT molecular complexity index is 553. The fraction of sp³-hybridized carbons (Fsp3) is 0.333. The third-order valence-corrected chi connectivity index (χ3v) is 4.08. The zero-order valence-electron chi connectivity index (χ0n) is 10.1. The topological polar surface area (TPSA) is 67.1 Å². The third-order valence-electron chi connectivity index (χ3n) is 3.24. The molecule has 1 atom stereocenters. The first-order chi connectivity index (χ1) is 8.78. The molecule has 2 heterocycles. The fourth-order valence-electron chi connectivity index (χ4n) is 2.39. The number of benzene rings is 1. The van der Waals surface area contributed by atoms with Gasteiger partial charge in [-0.25, -0.2) is 5.84 Å². The Hall–Kier alpha value is -1.66. The molecular weight excluding hydrogens is 246 g/mol. The minimum atomic E-state index is 0.501. The summed E-state index contributed by atoms with van der Waals surface area (Å²) in [6.45, 7) is 3.03. The summed E-state index contributed by atoms with van der Waals surface area (Å²) in [7, 11) is 0. The number of nitrogens with zero attached hydrogens (tertiary/aromatic N) is 3. The highest BCUT2D eigenvalue weighted by atomic mass is 32.1. The summed E-state index contributed by atoms with van der Waals surface area (Å²) in [6, 6.07) is 9.04. The Morgan fingerprint density at radius 3 is 3.06 bits per heavy atom. The Labute approximate surface area is 110 Å². The van der Waals surface area contributed by atoms with Gasteiger partial charge in [0.05, 0.1) is 6.54 Å². The van der Waals surface area contributed by atoms with Gasteiger partial charge in [0.2, 0.25) is 5.13 Å². The smallest absolute Gasteiger partial charge is 0.219 e. The maximum Gasteiger partial charge on any atom is 0.219 e. The van der Waals surface area contributed by atoms with Crippen molar-refractivity contribution in [1.29, 1.82) is 0 Å². The van der Waals surface area contributed by atoms with Crippen LogP contribution >= 0.6 is 11.3 Å². The molecule has 1 aromatic carbocycles. The molecule has 0 aliphatic carbocycles. The van der Waals surface area contributed by atoms with E-state index >= 15 is 0 Å². The highest BCUT2D eigenvalue weighted by Gasteiger charge is 2.26. The van der Waals surface area contributed by atoms with Crippen LogP contribution in [0.1, 0.15) is 17.5 Å². The summed E-state index contributed by atoms with van der Waals surface area (Å²) in [5.41, 5.74) is 5.25. The van der Waals surface area contributed by atoms with Gasteiger partial charge in [-0.15, -0.1) is 10.2 Å². The van der Waals surface area contributed by atoms with Gasteiger partial charge in [-0.1, -0.05) is 29.5 Å². The lowest BCUT2D eigenvalue weighted by Crippen LogP contribution is -2.28. The second kappa shape index (κ2) is 4.55. The molecule has 1 unspecified atom stereocenters. The van der Waals surface area contributed by atoms with Crippen molar-refractivity contribution in [1.82, 2.24) is 10.2 Å². The number of anilines is 2. The van der Waals surface area contributed by atoms with Gasteiger partial charge < -0.3 is 4.90 Å². The standard InChI is InChI=1S/C12H15N5S/c1-8-6-9-4-2-3-5-10(9)17(8)7-11-15-16-12(14-13)18-11/h2-5,8H,6-7,13H2,1H3,(H,14,16). The molecule has 1 aliphatic rings. The molecule has 0 saturated carbocycles. The second-order valence-corrected chi connectivity index (χ2v) is 5.52. The van der Waals surface area contributed by atoms with Crippen LogP contribution in [0.15, 0.2) is 24.3 Å². The molecule has 5 nitrogen and oxygen atoms in total. The molecule has 2 aromatic rings. The van der Waals surface area contributed by atoms with E-state index in [-0.39, 0.29) is 0 Å². The van der Waals surface area contributed by atoms with Crippen LogP contribution in [0.5, 0.6) is 0 Å². The number of para-hydroxylation sites is 1. The molecule has 1 aliphatic heterocycles. The summed E-state index contributed by atoms with van der Waals surface area (Å²) in [5.74, 6) is 5.32. The maximum absolute atomic E-state index is 5.32. The SMILES string of the molecule is CC1Cc2ccccc2N1Cc1nnc(NN)s1. The zero-order valence-corrected chi connectivity index (χ0v) is 10.9. The van der Waals surface area contributed by atoms with Crippen LogP contribution in [0.3, 0.4) is 0 Å². The first-order valence-electron chi connectivity index (χ1n) is 5.91. The number of nitrogens with two attached hydrogens (primary N) is 1. The number of nitrogens with one attached hydrogen (secondary N) is 1. The summed E-state index contributed by atoms with van der Waals surface area (Å²) >= 11 is 1.50. The Morgan fingerprint density at radius 1 is 1.44 bits per heavy atom. The highest BCUT2D eigenvalue weighted by Crippen LogP contribution is 2.33. The third kappa shape index (κ3) is 1.93. The van der Waals surface area contributed by atoms with E-state index < -0.39 is 0 Å². The lowest BCUT2D eigenvalue weighted by atomic mass is 10.1. The van der Waals surface area contributed by atoms with Crippen molar-refractivity contribution in [3.05, 3.63) is 34.8 Å². The van der Waals surface area contributed by atoms with E-state index in [2.05, 4.69) is 51.7 Å². The summed E-state index contributed by atoms with van der Waals surface area (Å²) < 4.78 is 0. The Balaban J connectivity index is 1.84. The van der Waals surface area contributed by atoms with Crippen molar-refractivity contribution >= 4 is 22.2 Å². The summed E-state index contributed by atoms with van der Waals surface area (Å²) in [4.78, 5) is 2.37. The molecule has 0 spiro atoms. The molecule has 0 saturated heterocycles. The summed E-state index contributed by atoms with van der Waals surface area (Å²) in [5, 5.41) is 9.74. The van der Waals surface area contributed by atoms with Crippen LogP contribution in [0, 0.1) is 0 Å². The predicted octanol–water partition coefficient (Wildman–Crippen LogP) is 1.77. The molecular formula is C12H15N5S. The lowest BCUT2D eigenvalue weighted by Gasteiger charge is -2.23. The van der Waals surface area contributed by atoms with E-state index in [1.165, 1.54) is 22.6 Å². The van der Waals surface area contributed by atoms with Crippen molar-refractivity contribution in [3.8, 4) is 0 Å². The van der Waals surface area contributed by atoms with Gasteiger partial charge in [0.1, 0.15) is 5.01 Å². The molecule has 6 heteroatoms. The van der Waals surface area contributed by atoms with Gasteiger partial charge in [0.25, 0.3) is 0 Å². The molecule has 0 fully saturated rings. The number of fused-ring (bicyclic) bond motifs is 1. The first-order valence-corrected chi connectivity index (χ1v) is 6.73. The monoisotopic (exact) mass is 261 g/mol.